The van der Waals surface area contributed by atoms with E-state index in [1.54, 1.807) is 6.92 Å². The van der Waals surface area contributed by atoms with Crippen LogP contribution in [0.5, 0.6) is 0 Å². The second-order valence-electron chi connectivity index (χ2n) is 4.46. The molecule has 0 unspecified atom stereocenters. The smallest absolute Gasteiger partial charge is 0.853 e. The summed E-state index contributed by atoms with van der Waals surface area (Å²) in [6, 6.07) is 0. The van der Waals surface area contributed by atoms with Gasteiger partial charge in [-0.15, -0.1) is 13.2 Å². The number of hydrogen-bond donors (Lipinski definition) is 1. The van der Waals surface area contributed by atoms with Crippen LogP contribution in [-0.4, -0.2) is 70.2 Å². The van der Waals surface area contributed by atoms with Crippen LogP contribution in [0.25, 0.3) is 0 Å². The van der Waals surface area contributed by atoms with Crippen molar-refractivity contribution in [3.05, 3.63) is 0 Å². The van der Waals surface area contributed by atoms with Crippen molar-refractivity contribution in [1.82, 2.24) is 0 Å². The Morgan fingerprint density at radius 2 is 1.17 bits per heavy atom. The summed E-state index contributed by atoms with van der Waals surface area (Å²) >= 11 is -1.16. The van der Waals surface area contributed by atoms with Gasteiger partial charge in [-0.1, -0.05) is 0 Å². The first kappa shape index (κ1) is 36.4. The fourth-order valence-electron chi connectivity index (χ4n) is 1.04. The van der Waals surface area contributed by atoms with Crippen LogP contribution in [0, 0.1) is 0 Å². The molecule has 8 heteroatoms. The summed E-state index contributed by atoms with van der Waals surface area (Å²) in [7, 11) is 8.49. The fraction of sp³-hybridized carbons (Fsp3) is 1.00. The maximum absolute atomic E-state index is 9.40. The first-order valence-corrected chi connectivity index (χ1v) is 16.3. The zero-order valence-electron chi connectivity index (χ0n) is 16.5. The molecule has 0 atom stereocenters. The van der Waals surface area contributed by atoms with E-state index in [0.717, 1.165) is 0 Å². The van der Waals surface area contributed by atoms with E-state index in [1.165, 1.54) is 48.8 Å². The average Bonchev–Trinajstić information content (AvgIpc) is 2.54. The molecule has 0 fully saturated rings. The molecular weight excluding hydrogens is 488 g/mol. The molecule has 144 valence electrons. The summed E-state index contributed by atoms with van der Waals surface area (Å²) < 4.78 is 11.7. The van der Waals surface area contributed by atoms with Gasteiger partial charge in [-0.25, -0.2) is 0 Å². The van der Waals surface area contributed by atoms with Gasteiger partial charge >= 0.3 is 95.0 Å². The molecular formula is C16H38O5SSnZn. The van der Waals surface area contributed by atoms with Gasteiger partial charge in [0.1, 0.15) is 0 Å². The molecule has 0 aromatic rings. The Hall–Kier alpha value is 1.44. The summed E-state index contributed by atoms with van der Waals surface area (Å²) in [5, 5.41) is 26.4. The number of rotatable bonds is 10. The Kier molecular flexibility index (Phi) is 66.9. The van der Waals surface area contributed by atoms with Crippen LogP contribution in [0.2, 0.25) is 8.87 Å². The van der Waals surface area contributed by atoms with Crippen LogP contribution >= 0.6 is 9.29 Å². The molecule has 24 heavy (non-hydrogen) atoms. The molecule has 0 amide bonds. The molecule has 0 heterocycles. The number of hydrogen-bond acceptors (Lipinski definition) is 6. The predicted octanol–water partition coefficient (Wildman–Crippen LogP) is 1.76. The minimum absolute atomic E-state index is 0. The van der Waals surface area contributed by atoms with E-state index in [1.807, 2.05) is 0 Å². The summed E-state index contributed by atoms with van der Waals surface area (Å²) in [6.07, 6.45) is 5.49. The van der Waals surface area contributed by atoms with Crippen molar-refractivity contribution in [2.45, 2.75) is 55.3 Å². The molecule has 0 aromatic carbocycles. The first-order chi connectivity index (χ1) is 11.1. The zero-order chi connectivity index (χ0) is 18.8. The molecule has 1 N–H and O–H groups in total. The number of methoxy groups -OCH3 is 2. The monoisotopic (exact) mass is 526 g/mol. The van der Waals surface area contributed by atoms with Gasteiger partial charge in [0.05, 0.1) is 0 Å². The SMILES string of the molecule is CCC[CH2][Sn](=[S])[CH2]CCC.CCO.COCC[O-].COCC[O-].[Zn+2]. The molecule has 0 aromatic heterocycles. The van der Waals surface area contributed by atoms with Crippen molar-refractivity contribution in [3.63, 3.8) is 0 Å². The van der Waals surface area contributed by atoms with Gasteiger partial charge in [0.25, 0.3) is 0 Å². The Labute approximate surface area is 173 Å². The van der Waals surface area contributed by atoms with Crippen LogP contribution in [0.3, 0.4) is 0 Å². The van der Waals surface area contributed by atoms with Crippen molar-refractivity contribution in [2.75, 3.05) is 47.3 Å². The maximum Gasteiger partial charge on any atom is 2.00 e. The van der Waals surface area contributed by atoms with Crippen molar-refractivity contribution < 1.29 is 44.3 Å². The molecule has 0 radical (unpaired) electrons. The summed E-state index contributed by atoms with van der Waals surface area (Å²) in [4.78, 5) is 0. The Bertz CT molecular complexity index is 172. The van der Waals surface area contributed by atoms with Gasteiger partial charge in [-0.3, -0.25) is 0 Å². The van der Waals surface area contributed by atoms with E-state index >= 15 is 0 Å². The molecule has 0 saturated carbocycles. The molecule has 0 rings (SSSR count). The topological polar surface area (TPSA) is 84.8 Å². The Balaban J connectivity index is -0.0000000734. The van der Waals surface area contributed by atoms with Crippen LogP contribution in [0.15, 0.2) is 0 Å². The van der Waals surface area contributed by atoms with E-state index in [4.69, 9.17) is 14.4 Å². The zero-order valence-corrected chi connectivity index (χ0v) is 23.1. The minimum Gasteiger partial charge on any atom is -0.853 e. The molecule has 0 saturated heterocycles. The van der Waals surface area contributed by atoms with Crippen LogP contribution in [-0.2, 0) is 29.0 Å². The largest absolute Gasteiger partial charge is 2.00 e. The van der Waals surface area contributed by atoms with Crippen LogP contribution in [0.1, 0.15) is 46.5 Å². The van der Waals surface area contributed by atoms with E-state index in [9.17, 15) is 10.2 Å². The van der Waals surface area contributed by atoms with Gasteiger partial charge in [0.15, 0.2) is 0 Å². The number of aliphatic hydroxyl groups is 1. The number of aliphatic hydroxyl groups excluding tert-OH is 1. The van der Waals surface area contributed by atoms with Crippen molar-refractivity contribution >= 4 is 27.1 Å². The second-order valence-corrected chi connectivity index (χ2v) is 14.3. The summed E-state index contributed by atoms with van der Waals surface area (Å²) in [5.74, 6) is 0. The Morgan fingerprint density at radius 1 is 0.875 bits per heavy atom. The number of unbranched alkanes of at least 4 members (excludes halogenated alkanes) is 2. The average molecular weight is 527 g/mol. The fourth-order valence-corrected chi connectivity index (χ4v) is 7.96. The van der Waals surface area contributed by atoms with E-state index in [0.29, 0.717) is 13.2 Å². The van der Waals surface area contributed by atoms with Gasteiger partial charge in [0, 0.05) is 34.0 Å². The third-order valence-electron chi connectivity index (χ3n) is 2.19. The van der Waals surface area contributed by atoms with Gasteiger partial charge in [0.2, 0.25) is 0 Å². The second kappa shape index (κ2) is 44.2. The van der Waals surface area contributed by atoms with Gasteiger partial charge in [-0.2, -0.15) is 0 Å². The van der Waals surface area contributed by atoms with E-state index in [-0.39, 0.29) is 39.3 Å². The third kappa shape index (κ3) is 65.3. The normalized spacial score (nSPS) is 8.33. The maximum atomic E-state index is 9.40. The molecule has 0 aliphatic carbocycles. The summed E-state index contributed by atoms with van der Waals surface area (Å²) in [5.41, 5.74) is 0. The number of ether oxygens (including phenoxy) is 2. The van der Waals surface area contributed by atoms with E-state index in [2.05, 4.69) is 23.3 Å². The third-order valence-corrected chi connectivity index (χ3v) is 10.1. The molecule has 0 spiro atoms. The Morgan fingerprint density at radius 3 is 1.29 bits per heavy atom. The molecule has 5 nitrogen and oxygen atoms in total. The quantitative estimate of drug-likeness (QED) is 0.437. The van der Waals surface area contributed by atoms with Crippen molar-refractivity contribution in [2.24, 2.45) is 0 Å². The van der Waals surface area contributed by atoms with Crippen LogP contribution in [0.4, 0.5) is 0 Å². The summed E-state index contributed by atoms with van der Waals surface area (Å²) in [6.45, 7) is 6.85. The first-order valence-electron chi connectivity index (χ1n) is 8.32. The predicted molar refractivity (Wildman–Crippen MR) is 99.0 cm³/mol. The standard InChI is InChI=1S/2C4H9.2C3H7O2.C2H6O.S.Sn.Zn/c2*1-3-4-2;2*1-5-3-2-4;1-2-3;;;/h2*1,3-4H2,2H3;2*2-3H2,1H3;3H,2H2,1H3;;;/q;;2*-1;;;;+2. The molecule has 0 aliphatic heterocycles. The van der Waals surface area contributed by atoms with Gasteiger partial charge in [-0.05, 0) is 6.92 Å². The van der Waals surface area contributed by atoms with Crippen LogP contribution < -0.4 is 10.2 Å². The van der Waals surface area contributed by atoms with Gasteiger partial charge < -0.3 is 24.8 Å². The van der Waals surface area contributed by atoms with E-state index < -0.39 is 17.8 Å². The van der Waals surface area contributed by atoms with Crippen molar-refractivity contribution in [3.8, 4) is 0 Å². The minimum atomic E-state index is -1.16. The molecule has 0 bridgehead atoms. The molecule has 0 aliphatic rings. The van der Waals surface area contributed by atoms with Crippen molar-refractivity contribution in [1.29, 1.82) is 0 Å².